The van der Waals surface area contributed by atoms with Crippen LogP contribution in [0.15, 0.2) is 96.1 Å². The van der Waals surface area contributed by atoms with Gasteiger partial charge in [0.05, 0.1) is 8.99 Å². The standard InChI is InChI=1S/C40H40Cl2Si.Zr/c1-23(2)31-21-19-25(5)37-35(31)33(29-15-11-9-12-16-29)27(7)39(37,41)43-40(42)28(8)34(30-17-13-10-14-18-30)36-32(24(3)4)22-20-26(6)38(36)40;/h9-24H,1-8H3;. The Morgan fingerprint density at radius 1 is 0.523 bits per heavy atom. The smallest absolute Gasteiger partial charge is 0.114 e. The van der Waals surface area contributed by atoms with Crippen LogP contribution in [0.25, 0.3) is 11.1 Å². The van der Waals surface area contributed by atoms with Crippen LogP contribution in [0, 0.1) is 13.8 Å². The van der Waals surface area contributed by atoms with Gasteiger partial charge in [0, 0.05) is 26.2 Å². The molecule has 0 saturated carbocycles. The molecule has 2 radical (unpaired) electrons. The number of aryl methyl sites for hydroxylation is 2. The quantitative estimate of drug-likeness (QED) is 0.138. The number of alkyl halides is 2. The molecule has 0 bridgehead atoms. The first kappa shape index (κ1) is 33.4. The van der Waals surface area contributed by atoms with Gasteiger partial charge in [0.2, 0.25) is 0 Å². The number of fused-ring (bicyclic) bond motifs is 2. The summed E-state index contributed by atoms with van der Waals surface area (Å²) < 4.78 is -1.50. The molecule has 0 spiro atoms. The molecule has 2 aliphatic carbocycles. The number of halogens is 2. The van der Waals surface area contributed by atoms with Crippen LogP contribution < -0.4 is 0 Å². The van der Waals surface area contributed by atoms with Crippen molar-refractivity contribution in [3.8, 4) is 0 Å². The Bertz CT molecular complexity index is 1670. The first-order valence-corrected chi connectivity index (χ1v) is 17.2. The molecule has 0 amide bonds. The number of allylic oxidation sites excluding steroid dienone is 2. The molecule has 4 heteroatoms. The first-order valence-electron chi connectivity index (χ1n) is 15.4. The van der Waals surface area contributed by atoms with Crippen molar-refractivity contribution in [2.75, 3.05) is 0 Å². The second kappa shape index (κ2) is 12.3. The van der Waals surface area contributed by atoms with Gasteiger partial charge >= 0.3 is 0 Å². The van der Waals surface area contributed by atoms with Crippen LogP contribution in [0.3, 0.4) is 0 Å². The summed E-state index contributed by atoms with van der Waals surface area (Å²) in [6.45, 7) is 18.1. The summed E-state index contributed by atoms with van der Waals surface area (Å²) in [7, 11) is 0.190. The molecule has 2 atom stereocenters. The van der Waals surface area contributed by atoms with Crippen molar-refractivity contribution >= 4 is 43.9 Å². The third-order valence-corrected chi connectivity index (χ3v) is 13.0. The van der Waals surface area contributed by atoms with Gasteiger partial charge in [-0.05, 0) is 117 Å². The van der Waals surface area contributed by atoms with Crippen LogP contribution in [-0.2, 0) is 35.2 Å². The summed E-state index contributed by atoms with van der Waals surface area (Å²) in [5.41, 5.74) is 17.6. The van der Waals surface area contributed by atoms with Gasteiger partial charge < -0.3 is 0 Å². The number of hydrogen-bond donors (Lipinski definition) is 0. The van der Waals surface area contributed by atoms with Gasteiger partial charge in [0.25, 0.3) is 0 Å². The summed E-state index contributed by atoms with van der Waals surface area (Å²) in [5, 5.41) is 0. The van der Waals surface area contributed by atoms with Crippen molar-refractivity contribution in [2.24, 2.45) is 0 Å². The molecule has 2 aliphatic rings. The molecule has 44 heavy (non-hydrogen) atoms. The third kappa shape index (κ3) is 5.04. The molecule has 222 valence electrons. The first-order chi connectivity index (χ1) is 20.4. The van der Waals surface area contributed by atoms with Crippen LogP contribution in [0.1, 0.15) is 109 Å². The molecule has 0 aliphatic heterocycles. The van der Waals surface area contributed by atoms with Gasteiger partial charge in [0.1, 0.15) is 9.52 Å². The second-order valence-electron chi connectivity index (χ2n) is 12.9. The Labute approximate surface area is 295 Å². The van der Waals surface area contributed by atoms with Crippen LogP contribution >= 0.6 is 23.2 Å². The molecule has 0 N–H and O–H groups in total. The zero-order chi connectivity index (χ0) is 30.8. The van der Waals surface area contributed by atoms with E-state index in [0.717, 1.165) is 0 Å². The average Bonchev–Trinajstić information content (AvgIpc) is 3.34. The van der Waals surface area contributed by atoms with Crippen LogP contribution in [0.5, 0.6) is 0 Å². The Hall–Kier alpha value is -1.96. The number of benzene rings is 4. The van der Waals surface area contributed by atoms with E-state index in [2.05, 4.69) is 140 Å². The monoisotopic (exact) mass is 708 g/mol. The van der Waals surface area contributed by atoms with Crippen LogP contribution in [-0.4, -0.2) is 9.52 Å². The molecule has 0 saturated heterocycles. The molecule has 4 aromatic carbocycles. The Kier molecular flexibility index (Phi) is 9.36. The Morgan fingerprint density at radius 3 is 1.18 bits per heavy atom. The van der Waals surface area contributed by atoms with Gasteiger partial charge in [-0.25, -0.2) is 0 Å². The second-order valence-corrected chi connectivity index (χ2v) is 16.4. The van der Waals surface area contributed by atoms with E-state index in [1.807, 2.05) is 0 Å². The molecule has 0 fully saturated rings. The maximum atomic E-state index is 8.18. The van der Waals surface area contributed by atoms with E-state index in [-0.39, 0.29) is 35.7 Å². The van der Waals surface area contributed by atoms with E-state index in [1.165, 1.54) is 77.9 Å². The Balaban J connectivity index is 0.00000384. The minimum atomic E-state index is -0.748. The fourth-order valence-electron chi connectivity index (χ4n) is 7.41. The van der Waals surface area contributed by atoms with Gasteiger partial charge in [-0.1, -0.05) is 113 Å². The van der Waals surface area contributed by atoms with Crippen molar-refractivity contribution < 1.29 is 26.2 Å². The molecule has 0 heterocycles. The van der Waals surface area contributed by atoms with Crippen molar-refractivity contribution in [2.45, 2.75) is 76.2 Å². The minimum Gasteiger partial charge on any atom is -0.114 e. The normalized spacial score (nSPS) is 20.8. The predicted octanol–water partition coefficient (Wildman–Crippen LogP) is 11.4. The van der Waals surface area contributed by atoms with E-state index in [0.29, 0.717) is 11.8 Å². The zero-order valence-corrected chi connectivity index (χ0v) is 32.0. The van der Waals surface area contributed by atoms with Crippen molar-refractivity contribution in [1.82, 2.24) is 0 Å². The van der Waals surface area contributed by atoms with Crippen molar-refractivity contribution in [1.29, 1.82) is 0 Å². The molecular weight excluding hydrogens is 671 g/mol. The van der Waals surface area contributed by atoms with E-state index < -0.39 is 8.99 Å². The van der Waals surface area contributed by atoms with E-state index in [9.17, 15) is 0 Å². The van der Waals surface area contributed by atoms with Gasteiger partial charge in [-0.15, -0.1) is 23.2 Å². The van der Waals surface area contributed by atoms with Crippen molar-refractivity contribution in [3.05, 3.63) is 152 Å². The summed E-state index contributed by atoms with van der Waals surface area (Å²) in [4.78, 5) is 0. The van der Waals surface area contributed by atoms with E-state index in [4.69, 9.17) is 23.2 Å². The zero-order valence-electron chi connectivity index (χ0n) is 27.0. The molecule has 4 aromatic rings. The summed E-state index contributed by atoms with van der Waals surface area (Å²) in [5.74, 6) is 0.727. The topological polar surface area (TPSA) is 0 Å². The SMILES string of the molecule is CC1=C(c2ccccc2)c2c(C(C)C)ccc(C)c2C1(Cl)[Si]C1(Cl)C(C)=C(c2ccccc2)c2c(C(C)C)ccc(C)c21.[Zr]. The average molecular weight is 711 g/mol. The van der Waals surface area contributed by atoms with Crippen LogP contribution in [0.2, 0.25) is 0 Å². The van der Waals surface area contributed by atoms with Gasteiger partial charge in [-0.2, -0.15) is 0 Å². The van der Waals surface area contributed by atoms with Crippen molar-refractivity contribution in [3.63, 3.8) is 0 Å². The van der Waals surface area contributed by atoms with E-state index in [1.54, 1.807) is 0 Å². The third-order valence-electron chi connectivity index (χ3n) is 9.58. The van der Waals surface area contributed by atoms with Gasteiger partial charge in [0.15, 0.2) is 0 Å². The molecule has 2 unspecified atom stereocenters. The molecule has 6 rings (SSSR count). The van der Waals surface area contributed by atoms with Crippen LogP contribution in [0.4, 0.5) is 0 Å². The largest absolute Gasteiger partial charge is 0.118 e. The molecule has 0 nitrogen and oxygen atoms in total. The number of hydrogen-bond acceptors (Lipinski definition) is 0. The predicted molar refractivity (Wildman–Crippen MR) is 188 cm³/mol. The summed E-state index contributed by atoms with van der Waals surface area (Å²) >= 11 is 16.4. The fourth-order valence-corrected chi connectivity index (χ4v) is 11.1. The maximum Gasteiger partial charge on any atom is 0.118 e. The number of rotatable bonds is 6. The maximum absolute atomic E-state index is 8.18. The molecular formula is C40H40Cl2SiZr. The summed E-state index contributed by atoms with van der Waals surface area (Å²) in [6, 6.07) is 30.7. The minimum absolute atomic E-state index is 0. The summed E-state index contributed by atoms with van der Waals surface area (Å²) in [6.07, 6.45) is 0. The molecule has 0 aromatic heterocycles. The van der Waals surface area contributed by atoms with E-state index >= 15 is 0 Å². The Morgan fingerprint density at radius 2 is 0.864 bits per heavy atom. The van der Waals surface area contributed by atoms with Gasteiger partial charge in [-0.3, -0.25) is 0 Å². The fraction of sp³-hybridized carbons (Fsp3) is 0.300.